The first-order chi connectivity index (χ1) is 11.1. The highest BCUT2D eigenvalue weighted by Gasteiger charge is 2.14. The van der Waals surface area contributed by atoms with Crippen molar-refractivity contribution in [1.82, 2.24) is 0 Å². The molecule has 0 fully saturated rings. The Labute approximate surface area is 137 Å². The molecule has 0 aliphatic carbocycles. The zero-order valence-electron chi connectivity index (χ0n) is 13.8. The van der Waals surface area contributed by atoms with Crippen LogP contribution in [0.5, 0.6) is 0 Å². The number of aryl methyl sites for hydroxylation is 2. The van der Waals surface area contributed by atoms with Crippen molar-refractivity contribution in [2.45, 2.75) is 26.9 Å². The summed E-state index contributed by atoms with van der Waals surface area (Å²) in [5.74, 6) is 0. The minimum Gasteiger partial charge on any atom is -0.435 e. The predicted octanol–water partition coefficient (Wildman–Crippen LogP) is 5.23. The van der Waals surface area contributed by atoms with E-state index in [1.54, 1.807) is 6.92 Å². The number of ether oxygens (including phenoxy) is 2. The van der Waals surface area contributed by atoms with E-state index in [0.717, 1.165) is 16.7 Å². The summed E-state index contributed by atoms with van der Waals surface area (Å²) in [5, 5.41) is 0. The first kappa shape index (κ1) is 16.8. The van der Waals surface area contributed by atoms with Gasteiger partial charge in [0.2, 0.25) is 0 Å². The molecule has 0 bridgehead atoms. The minimum absolute atomic E-state index is 0.293. The van der Waals surface area contributed by atoms with Gasteiger partial charge in [0.15, 0.2) is 0 Å². The number of hydrogen-bond acceptors (Lipinski definition) is 3. The van der Waals surface area contributed by atoms with E-state index in [1.165, 1.54) is 5.56 Å². The van der Waals surface area contributed by atoms with Crippen LogP contribution < -0.4 is 0 Å². The third-order valence-corrected chi connectivity index (χ3v) is 3.43. The van der Waals surface area contributed by atoms with E-state index >= 15 is 0 Å². The van der Waals surface area contributed by atoms with Crippen molar-refractivity contribution in [2.75, 3.05) is 6.61 Å². The summed E-state index contributed by atoms with van der Waals surface area (Å²) in [4.78, 5) is 11.7. The molecule has 2 aromatic carbocycles. The normalized spacial score (nSPS) is 12.1. The van der Waals surface area contributed by atoms with Crippen molar-refractivity contribution >= 4 is 12.2 Å². The fraction of sp³-hybridized carbons (Fsp3) is 0.250. The molecule has 2 rings (SSSR count). The van der Waals surface area contributed by atoms with Crippen molar-refractivity contribution in [2.24, 2.45) is 0 Å². The Morgan fingerprint density at radius 2 is 1.57 bits per heavy atom. The quantitative estimate of drug-likeness (QED) is 0.709. The molecule has 0 amide bonds. The van der Waals surface area contributed by atoms with Crippen LogP contribution in [0.25, 0.3) is 6.08 Å². The average molecular weight is 310 g/mol. The Hall–Kier alpha value is -2.55. The van der Waals surface area contributed by atoms with Crippen LogP contribution in [0.15, 0.2) is 54.6 Å². The van der Waals surface area contributed by atoms with Gasteiger partial charge in [0.1, 0.15) is 6.10 Å². The lowest BCUT2D eigenvalue weighted by molar-refractivity contribution is 0.0403. The molecule has 0 aliphatic heterocycles. The van der Waals surface area contributed by atoms with Crippen LogP contribution in [0, 0.1) is 13.8 Å². The van der Waals surface area contributed by atoms with Crippen molar-refractivity contribution in [3.63, 3.8) is 0 Å². The molecule has 120 valence electrons. The average Bonchev–Trinajstić information content (AvgIpc) is 2.54. The van der Waals surface area contributed by atoms with Gasteiger partial charge in [-0.3, -0.25) is 0 Å². The molecule has 0 aliphatic rings. The molecule has 3 nitrogen and oxygen atoms in total. The molecular weight excluding hydrogens is 288 g/mol. The predicted molar refractivity (Wildman–Crippen MR) is 92.2 cm³/mol. The maximum atomic E-state index is 11.7. The molecule has 0 radical (unpaired) electrons. The summed E-state index contributed by atoms with van der Waals surface area (Å²) in [6, 6.07) is 16.1. The highest BCUT2D eigenvalue weighted by atomic mass is 16.7. The zero-order valence-corrected chi connectivity index (χ0v) is 13.8. The maximum absolute atomic E-state index is 11.7. The van der Waals surface area contributed by atoms with Crippen molar-refractivity contribution in [3.05, 3.63) is 76.9 Å². The van der Waals surface area contributed by atoms with E-state index in [2.05, 4.69) is 0 Å². The van der Waals surface area contributed by atoms with Crippen LogP contribution in [0.1, 0.15) is 35.3 Å². The lowest BCUT2D eigenvalue weighted by Crippen LogP contribution is -2.11. The summed E-state index contributed by atoms with van der Waals surface area (Å²) >= 11 is 0. The standard InChI is InChI=1S/C20H22O3/c1-4-22-20(21)23-19(18-12-7-16(3)8-13-18)14-11-17-9-5-15(2)6-10-17/h5-14,19H,4H2,1-3H3/b14-11+. The van der Waals surface area contributed by atoms with Gasteiger partial charge in [-0.2, -0.15) is 0 Å². The Morgan fingerprint density at radius 1 is 1.00 bits per heavy atom. The topological polar surface area (TPSA) is 35.5 Å². The van der Waals surface area contributed by atoms with E-state index in [4.69, 9.17) is 9.47 Å². The maximum Gasteiger partial charge on any atom is 0.509 e. The molecule has 23 heavy (non-hydrogen) atoms. The summed E-state index contributed by atoms with van der Waals surface area (Å²) in [6.45, 7) is 6.12. The number of carbonyl (C=O) groups is 1. The monoisotopic (exact) mass is 310 g/mol. The van der Waals surface area contributed by atoms with Gasteiger partial charge in [-0.1, -0.05) is 65.7 Å². The van der Waals surface area contributed by atoms with Gasteiger partial charge in [-0.15, -0.1) is 0 Å². The lowest BCUT2D eigenvalue weighted by Gasteiger charge is -2.14. The Morgan fingerprint density at radius 3 is 2.13 bits per heavy atom. The van der Waals surface area contributed by atoms with Gasteiger partial charge >= 0.3 is 6.16 Å². The van der Waals surface area contributed by atoms with Crippen LogP contribution >= 0.6 is 0 Å². The van der Waals surface area contributed by atoms with E-state index in [1.807, 2.05) is 74.5 Å². The molecule has 1 unspecified atom stereocenters. The van der Waals surface area contributed by atoms with Crippen LogP contribution in [-0.2, 0) is 9.47 Å². The molecule has 2 aromatic rings. The Balaban J connectivity index is 2.20. The summed E-state index contributed by atoms with van der Waals surface area (Å²) in [7, 11) is 0. The highest BCUT2D eigenvalue weighted by Crippen LogP contribution is 2.22. The second-order valence-corrected chi connectivity index (χ2v) is 5.40. The minimum atomic E-state index is -0.661. The van der Waals surface area contributed by atoms with Gasteiger partial charge in [0.05, 0.1) is 6.61 Å². The van der Waals surface area contributed by atoms with Crippen molar-refractivity contribution in [3.8, 4) is 0 Å². The highest BCUT2D eigenvalue weighted by molar-refractivity contribution is 5.61. The Kier molecular flexibility index (Phi) is 5.98. The van der Waals surface area contributed by atoms with Crippen LogP contribution in [0.3, 0.4) is 0 Å². The second-order valence-electron chi connectivity index (χ2n) is 5.40. The fourth-order valence-electron chi connectivity index (χ4n) is 2.11. The third-order valence-electron chi connectivity index (χ3n) is 3.43. The molecule has 0 saturated carbocycles. The smallest absolute Gasteiger partial charge is 0.435 e. The molecular formula is C20H22O3. The fourth-order valence-corrected chi connectivity index (χ4v) is 2.11. The van der Waals surface area contributed by atoms with Crippen LogP contribution in [-0.4, -0.2) is 12.8 Å². The summed E-state index contributed by atoms with van der Waals surface area (Å²) in [5.41, 5.74) is 4.33. The summed E-state index contributed by atoms with van der Waals surface area (Å²) < 4.78 is 10.3. The van der Waals surface area contributed by atoms with E-state index in [-0.39, 0.29) is 0 Å². The van der Waals surface area contributed by atoms with Crippen molar-refractivity contribution < 1.29 is 14.3 Å². The number of rotatable bonds is 5. The third kappa shape index (κ3) is 5.29. The van der Waals surface area contributed by atoms with Gasteiger partial charge in [-0.25, -0.2) is 4.79 Å². The number of hydrogen-bond donors (Lipinski definition) is 0. The number of benzene rings is 2. The Bertz CT molecular complexity index is 654. The van der Waals surface area contributed by atoms with E-state index in [0.29, 0.717) is 6.61 Å². The second kappa shape index (κ2) is 8.18. The molecule has 0 heterocycles. The van der Waals surface area contributed by atoms with Crippen LogP contribution in [0.4, 0.5) is 4.79 Å². The van der Waals surface area contributed by atoms with Gasteiger partial charge < -0.3 is 9.47 Å². The number of carbonyl (C=O) groups excluding carboxylic acids is 1. The van der Waals surface area contributed by atoms with Crippen molar-refractivity contribution in [1.29, 1.82) is 0 Å². The molecule has 1 atom stereocenters. The molecule has 0 N–H and O–H groups in total. The molecule has 0 aromatic heterocycles. The first-order valence-corrected chi connectivity index (χ1v) is 7.73. The molecule has 0 saturated heterocycles. The summed E-state index contributed by atoms with van der Waals surface area (Å²) in [6.07, 6.45) is 2.68. The van der Waals surface area contributed by atoms with E-state index < -0.39 is 12.3 Å². The molecule has 0 spiro atoms. The van der Waals surface area contributed by atoms with Gasteiger partial charge in [0, 0.05) is 0 Å². The van der Waals surface area contributed by atoms with E-state index in [9.17, 15) is 4.79 Å². The lowest BCUT2D eigenvalue weighted by atomic mass is 10.1. The molecule has 3 heteroatoms. The SMILES string of the molecule is CCOC(=O)OC(/C=C/c1ccc(C)cc1)c1ccc(C)cc1. The van der Waals surface area contributed by atoms with Crippen LogP contribution in [0.2, 0.25) is 0 Å². The van der Waals surface area contributed by atoms with Gasteiger partial charge in [0.25, 0.3) is 0 Å². The zero-order chi connectivity index (χ0) is 16.7. The van der Waals surface area contributed by atoms with Gasteiger partial charge in [-0.05, 0) is 38.0 Å². The largest absolute Gasteiger partial charge is 0.509 e. The first-order valence-electron chi connectivity index (χ1n) is 7.73.